The number of esters is 1. The highest BCUT2D eigenvalue weighted by Gasteiger charge is 2.30. The van der Waals surface area contributed by atoms with Gasteiger partial charge in [0.2, 0.25) is 0 Å². The van der Waals surface area contributed by atoms with Crippen molar-refractivity contribution in [1.29, 1.82) is 0 Å². The van der Waals surface area contributed by atoms with E-state index in [9.17, 15) is 22.8 Å². The number of amides is 1. The Bertz CT molecular complexity index is 696. The van der Waals surface area contributed by atoms with Crippen molar-refractivity contribution in [2.45, 2.75) is 19.0 Å². The molecule has 0 aliphatic rings. The Kier molecular flexibility index (Phi) is 5.62. The van der Waals surface area contributed by atoms with E-state index in [-0.39, 0.29) is 12.1 Å². The molecule has 0 bridgehead atoms. The zero-order valence-electron chi connectivity index (χ0n) is 12.4. The minimum Gasteiger partial charge on any atom is -0.469 e. The molecule has 0 fully saturated rings. The van der Waals surface area contributed by atoms with Crippen LogP contribution in [-0.2, 0) is 26.9 Å². The lowest BCUT2D eigenvalue weighted by molar-refractivity contribution is -0.147. The summed E-state index contributed by atoms with van der Waals surface area (Å²) >= 11 is 0. The maximum atomic E-state index is 12.6. The minimum atomic E-state index is -4.50. The molecule has 0 unspecified atom stereocenters. The van der Waals surface area contributed by atoms with Gasteiger partial charge in [0.05, 0.1) is 18.2 Å². The van der Waals surface area contributed by atoms with Gasteiger partial charge in [-0.3, -0.25) is 9.59 Å². The fourth-order valence-corrected chi connectivity index (χ4v) is 1.87. The lowest BCUT2D eigenvalue weighted by atomic mass is 10.2. The lowest BCUT2D eigenvalue weighted by Gasteiger charge is -2.10. The van der Waals surface area contributed by atoms with Crippen LogP contribution in [0, 0.1) is 0 Å². The van der Waals surface area contributed by atoms with Gasteiger partial charge in [0.1, 0.15) is 5.76 Å². The maximum absolute atomic E-state index is 12.6. The van der Waals surface area contributed by atoms with Crippen molar-refractivity contribution in [2.75, 3.05) is 11.9 Å². The predicted molar refractivity (Wildman–Crippen MR) is 78.1 cm³/mol. The van der Waals surface area contributed by atoms with Gasteiger partial charge in [-0.15, -0.1) is 0 Å². The number of aryl methyl sites for hydroxylation is 1. The van der Waals surface area contributed by atoms with E-state index in [1.807, 2.05) is 0 Å². The Morgan fingerprint density at radius 2 is 1.96 bits per heavy atom. The summed E-state index contributed by atoms with van der Waals surface area (Å²) < 4.78 is 47.5. The fourth-order valence-electron chi connectivity index (χ4n) is 1.87. The van der Waals surface area contributed by atoms with E-state index in [0.29, 0.717) is 12.2 Å². The summed E-state index contributed by atoms with van der Waals surface area (Å²) in [6.45, 7) is -0.576. The van der Waals surface area contributed by atoms with E-state index in [1.165, 1.54) is 18.4 Å². The number of hydrogen-bond donors (Lipinski definition) is 1. The third-order valence-corrected chi connectivity index (χ3v) is 2.99. The standard InChI is InChI=1S/C16H14F3NO4/c17-16(18,19)11-3-1-4-12(9-11)20-14(21)10-24-15(22)7-6-13-5-2-8-23-13/h1-5,8-9H,6-7,10H2,(H,20,21). The monoisotopic (exact) mass is 341 g/mol. The Morgan fingerprint density at radius 1 is 1.17 bits per heavy atom. The molecule has 0 spiro atoms. The summed E-state index contributed by atoms with van der Waals surface area (Å²) in [6, 6.07) is 7.57. The normalized spacial score (nSPS) is 11.1. The van der Waals surface area contributed by atoms with E-state index in [2.05, 4.69) is 5.32 Å². The van der Waals surface area contributed by atoms with E-state index in [1.54, 1.807) is 12.1 Å². The lowest BCUT2D eigenvalue weighted by Crippen LogP contribution is -2.21. The van der Waals surface area contributed by atoms with Crippen molar-refractivity contribution >= 4 is 17.6 Å². The van der Waals surface area contributed by atoms with Crippen LogP contribution in [-0.4, -0.2) is 18.5 Å². The first-order chi connectivity index (χ1) is 11.3. The molecule has 2 rings (SSSR count). The molecule has 0 atom stereocenters. The molecule has 1 heterocycles. The highest BCUT2D eigenvalue weighted by molar-refractivity contribution is 5.92. The average molecular weight is 341 g/mol. The molecule has 0 radical (unpaired) electrons. The molecule has 0 aliphatic carbocycles. The summed E-state index contributed by atoms with van der Waals surface area (Å²) in [5, 5.41) is 2.24. The molecule has 0 aliphatic heterocycles. The number of rotatable bonds is 6. The Morgan fingerprint density at radius 3 is 2.62 bits per heavy atom. The maximum Gasteiger partial charge on any atom is 0.416 e. The largest absolute Gasteiger partial charge is 0.469 e. The van der Waals surface area contributed by atoms with E-state index >= 15 is 0 Å². The molecule has 1 N–H and O–H groups in total. The van der Waals surface area contributed by atoms with Gasteiger partial charge in [-0.25, -0.2) is 0 Å². The van der Waals surface area contributed by atoms with Crippen molar-refractivity contribution in [3.8, 4) is 0 Å². The molecular formula is C16H14F3NO4. The van der Waals surface area contributed by atoms with Gasteiger partial charge >= 0.3 is 12.1 Å². The van der Waals surface area contributed by atoms with Gasteiger partial charge in [-0.1, -0.05) is 6.07 Å². The molecular weight excluding hydrogens is 327 g/mol. The number of alkyl halides is 3. The Hall–Kier alpha value is -2.77. The number of ether oxygens (including phenoxy) is 1. The number of furan rings is 1. The van der Waals surface area contributed by atoms with Crippen LogP contribution in [0.2, 0.25) is 0 Å². The molecule has 0 saturated heterocycles. The van der Waals surface area contributed by atoms with Gasteiger partial charge in [-0.2, -0.15) is 13.2 Å². The molecule has 1 aromatic carbocycles. The third kappa shape index (κ3) is 5.45. The van der Waals surface area contributed by atoms with Crippen LogP contribution < -0.4 is 5.32 Å². The molecule has 2 aromatic rings. The molecule has 5 nitrogen and oxygen atoms in total. The average Bonchev–Trinajstić information content (AvgIpc) is 3.04. The van der Waals surface area contributed by atoms with Gasteiger partial charge < -0.3 is 14.5 Å². The second kappa shape index (κ2) is 7.67. The highest BCUT2D eigenvalue weighted by atomic mass is 19.4. The van der Waals surface area contributed by atoms with Crippen LogP contribution >= 0.6 is 0 Å². The smallest absolute Gasteiger partial charge is 0.416 e. The van der Waals surface area contributed by atoms with Crippen LogP contribution in [0.25, 0.3) is 0 Å². The first kappa shape index (κ1) is 17.6. The number of nitrogens with one attached hydrogen (secondary N) is 1. The summed E-state index contributed by atoms with van der Waals surface area (Å²) in [5.41, 5.74) is -0.905. The van der Waals surface area contributed by atoms with Crippen molar-refractivity contribution in [3.05, 3.63) is 54.0 Å². The molecule has 0 saturated carbocycles. The second-order valence-electron chi connectivity index (χ2n) is 4.87. The Labute approximate surface area is 135 Å². The van der Waals surface area contributed by atoms with Crippen LogP contribution in [0.4, 0.5) is 18.9 Å². The van der Waals surface area contributed by atoms with E-state index in [0.717, 1.165) is 12.1 Å². The van der Waals surface area contributed by atoms with Crippen molar-refractivity contribution < 1.29 is 31.9 Å². The highest BCUT2D eigenvalue weighted by Crippen LogP contribution is 2.30. The molecule has 1 aromatic heterocycles. The number of anilines is 1. The third-order valence-electron chi connectivity index (χ3n) is 2.99. The van der Waals surface area contributed by atoms with Crippen LogP contribution in [0.15, 0.2) is 47.1 Å². The fraction of sp³-hybridized carbons (Fsp3) is 0.250. The quantitative estimate of drug-likeness (QED) is 0.818. The zero-order chi connectivity index (χ0) is 17.6. The van der Waals surface area contributed by atoms with Crippen LogP contribution in [0.1, 0.15) is 17.7 Å². The summed E-state index contributed by atoms with van der Waals surface area (Å²) in [5.74, 6) is -0.716. The van der Waals surface area contributed by atoms with Crippen LogP contribution in [0.3, 0.4) is 0 Å². The number of benzene rings is 1. The van der Waals surface area contributed by atoms with Crippen molar-refractivity contribution in [1.82, 2.24) is 0 Å². The number of halogens is 3. The molecule has 24 heavy (non-hydrogen) atoms. The summed E-state index contributed by atoms with van der Waals surface area (Å²) in [7, 11) is 0. The van der Waals surface area contributed by atoms with Crippen LogP contribution in [0.5, 0.6) is 0 Å². The van der Waals surface area contributed by atoms with Gasteiger partial charge in [0, 0.05) is 12.1 Å². The number of carbonyl (C=O) groups is 2. The summed E-state index contributed by atoms with van der Waals surface area (Å²) in [4.78, 5) is 23.1. The molecule has 8 heteroatoms. The van der Waals surface area contributed by atoms with E-state index < -0.39 is 30.2 Å². The first-order valence-corrected chi connectivity index (χ1v) is 7.00. The van der Waals surface area contributed by atoms with Gasteiger partial charge in [-0.05, 0) is 30.3 Å². The molecule has 128 valence electrons. The topological polar surface area (TPSA) is 68.5 Å². The van der Waals surface area contributed by atoms with E-state index in [4.69, 9.17) is 9.15 Å². The van der Waals surface area contributed by atoms with Gasteiger partial charge in [0.15, 0.2) is 6.61 Å². The molecule has 1 amide bonds. The SMILES string of the molecule is O=C(COC(=O)CCc1ccco1)Nc1cccc(C(F)(F)F)c1. The minimum absolute atomic E-state index is 0.0264. The van der Waals surface area contributed by atoms with Crippen molar-refractivity contribution in [2.24, 2.45) is 0 Å². The summed E-state index contributed by atoms with van der Waals surface area (Å²) in [6.07, 6.45) is -2.66. The first-order valence-electron chi connectivity index (χ1n) is 7.00. The second-order valence-corrected chi connectivity index (χ2v) is 4.87. The number of carbonyl (C=O) groups excluding carboxylic acids is 2. The van der Waals surface area contributed by atoms with Crippen molar-refractivity contribution in [3.63, 3.8) is 0 Å². The Balaban J connectivity index is 1.78. The zero-order valence-corrected chi connectivity index (χ0v) is 12.4. The number of hydrogen-bond acceptors (Lipinski definition) is 4. The van der Waals surface area contributed by atoms with Gasteiger partial charge in [0.25, 0.3) is 5.91 Å². The predicted octanol–water partition coefficient (Wildman–Crippen LogP) is 3.41.